The van der Waals surface area contributed by atoms with Gasteiger partial charge in [0.1, 0.15) is 11.8 Å². The van der Waals surface area contributed by atoms with Crippen LogP contribution in [0.4, 0.5) is 0 Å². The van der Waals surface area contributed by atoms with Crippen LogP contribution in [0.5, 0.6) is 5.75 Å². The van der Waals surface area contributed by atoms with Gasteiger partial charge in [-0.1, -0.05) is 36.9 Å². The number of pyridine rings is 1. The highest BCUT2D eigenvalue weighted by Crippen LogP contribution is 2.48. The van der Waals surface area contributed by atoms with Gasteiger partial charge in [-0.15, -0.1) is 0 Å². The summed E-state index contributed by atoms with van der Waals surface area (Å²) in [4.78, 5) is 12.2. The van der Waals surface area contributed by atoms with Crippen molar-refractivity contribution in [3.63, 3.8) is 0 Å². The van der Waals surface area contributed by atoms with E-state index >= 15 is 0 Å². The zero-order valence-corrected chi connectivity index (χ0v) is 15.4. The highest BCUT2D eigenvalue weighted by molar-refractivity contribution is 8.14. The van der Waals surface area contributed by atoms with E-state index in [2.05, 4.69) is 47.1 Å². The Bertz CT molecular complexity index is 747. The fraction of sp³-hybridized carbons (Fsp3) is 0.400. The van der Waals surface area contributed by atoms with Crippen molar-refractivity contribution in [2.45, 2.75) is 38.4 Å². The molecular weight excluding hydrogens is 330 g/mol. The fourth-order valence-corrected chi connectivity index (χ4v) is 4.98. The summed E-state index contributed by atoms with van der Waals surface area (Å²) in [6.07, 6.45) is 2.99. The quantitative estimate of drug-likeness (QED) is 0.795. The van der Waals surface area contributed by atoms with Crippen LogP contribution in [-0.4, -0.2) is 33.5 Å². The van der Waals surface area contributed by atoms with Crippen LogP contribution >= 0.6 is 11.8 Å². The number of nitrogens with zero attached hydrogens (tertiary/aromatic N) is 3. The summed E-state index contributed by atoms with van der Waals surface area (Å²) in [6.45, 7) is 4.96. The van der Waals surface area contributed by atoms with E-state index in [1.807, 2.05) is 37.0 Å². The predicted molar refractivity (Wildman–Crippen MR) is 103 cm³/mol. The van der Waals surface area contributed by atoms with Gasteiger partial charge in [0.05, 0.1) is 18.3 Å². The Morgan fingerprint density at radius 2 is 2.00 bits per heavy atom. The first-order valence-corrected chi connectivity index (χ1v) is 9.93. The van der Waals surface area contributed by atoms with Gasteiger partial charge >= 0.3 is 0 Å². The number of aliphatic imine (C=N–C) groups is 1. The van der Waals surface area contributed by atoms with Crippen LogP contribution in [-0.2, 0) is 0 Å². The van der Waals surface area contributed by atoms with Crippen molar-refractivity contribution in [3.05, 3.63) is 59.9 Å². The first-order valence-electron chi connectivity index (χ1n) is 8.94. The lowest BCUT2D eigenvalue weighted by atomic mass is 9.95. The Morgan fingerprint density at radius 1 is 1.16 bits per heavy atom. The minimum atomic E-state index is 0.0518. The Hall–Kier alpha value is -2.01. The number of hydrogen-bond donors (Lipinski definition) is 0. The van der Waals surface area contributed by atoms with Crippen LogP contribution < -0.4 is 4.74 Å². The van der Waals surface area contributed by atoms with Crippen molar-refractivity contribution in [2.24, 2.45) is 4.99 Å². The summed E-state index contributed by atoms with van der Waals surface area (Å²) in [5.74, 6) is 2.04. The molecule has 1 fully saturated rings. The van der Waals surface area contributed by atoms with Crippen LogP contribution in [0.3, 0.4) is 0 Å². The van der Waals surface area contributed by atoms with E-state index in [0.717, 1.165) is 23.6 Å². The molecule has 0 radical (unpaired) electrons. The number of rotatable bonds is 5. The summed E-state index contributed by atoms with van der Waals surface area (Å²) in [7, 11) is 0. The van der Waals surface area contributed by atoms with Crippen molar-refractivity contribution in [3.8, 4) is 5.75 Å². The third-order valence-electron chi connectivity index (χ3n) is 4.86. The number of amidine groups is 1. The topological polar surface area (TPSA) is 37.7 Å². The second-order valence-corrected chi connectivity index (χ2v) is 7.33. The smallest absolute Gasteiger partial charge is 0.160 e. The number of ether oxygens (including phenoxy) is 1. The van der Waals surface area contributed by atoms with E-state index in [-0.39, 0.29) is 12.1 Å². The number of thioether (sulfide) groups is 1. The third kappa shape index (κ3) is 3.01. The van der Waals surface area contributed by atoms with Gasteiger partial charge in [-0.2, -0.15) is 0 Å². The molecule has 2 aliphatic heterocycles. The van der Waals surface area contributed by atoms with E-state index < -0.39 is 0 Å². The summed E-state index contributed by atoms with van der Waals surface area (Å²) in [6, 6.07) is 15.4. The van der Waals surface area contributed by atoms with Gasteiger partial charge in [0, 0.05) is 18.0 Å². The second kappa shape index (κ2) is 7.08. The van der Waals surface area contributed by atoms with Crippen molar-refractivity contribution in [1.29, 1.82) is 0 Å². The molecule has 1 aromatic carbocycles. The minimum Gasteiger partial charge on any atom is -0.494 e. The highest BCUT2D eigenvalue weighted by Gasteiger charge is 2.45. The molecule has 0 N–H and O–H groups in total. The first-order chi connectivity index (χ1) is 12.3. The largest absolute Gasteiger partial charge is 0.494 e. The molecule has 3 unspecified atom stereocenters. The van der Waals surface area contributed by atoms with Crippen LogP contribution in [0, 0.1) is 0 Å². The maximum Gasteiger partial charge on any atom is 0.160 e. The fourth-order valence-electron chi connectivity index (χ4n) is 3.64. The standard InChI is InChI=1S/C20H23N3OS/c1-3-15-13-25-20-22-18(17-7-5-6-12-21-17)19(23(15)20)14-8-10-16(11-9-14)24-4-2/h5-12,15,18-19H,3-4,13H2,1-2H3. The van der Waals surface area contributed by atoms with Gasteiger partial charge in [0.2, 0.25) is 0 Å². The Kier molecular flexibility index (Phi) is 4.66. The third-order valence-corrected chi connectivity index (χ3v) is 5.99. The van der Waals surface area contributed by atoms with Crippen LogP contribution in [0.2, 0.25) is 0 Å². The summed E-state index contributed by atoms with van der Waals surface area (Å²) < 4.78 is 5.61. The maximum atomic E-state index is 5.61. The van der Waals surface area contributed by atoms with Gasteiger partial charge in [-0.3, -0.25) is 9.98 Å². The van der Waals surface area contributed by atoms with Gasteiger partial charge in [0.25, 0.3) is 0 Å². The van der Waals surface area contributed by atoms with E-state index in [9.17, 15) is 0 Å². The van der Waals surface area contributed by atoms with Crippen molar-refractivity contribution < 1.29 is 4.74 Å². The monoisotopic (exact) mass is 353 g/mol. The molecule has 25 heavy (non-hydrogen) atoms. The molecule has 0 amide bonds. The Labute approximate surface area is 153 Å². The van der Waals surface area contributed by atoms with E-state index in [1.54, 1.807) is 0 Å². The molecule has 2 aromatic rings. The number of fused-ring (bicyclic) bond motifs is 1. The summed E-state index contributed by atoms with van der Waals surface area (Å²) in [5.41, 5.74) is 2.32. The van der Waals surface area contributed by atoms with Crippen LogP contribution in [0.1, 0.15) is 43.6 Å². The molecule has 3 heterocycles. The second-order valence-electron chi connectivity index (χ2n) is 6.34. The molecule has 5 heteroatoms. The SMILES string of the molecule is CCOc1ccc(C2C(c3ccccn3)N=C3SCC(CC)N32)cc1. The molecule has 1 aromatic heterocycles. The number of hydrogen-bond acceptors (Lipinski definition) is 5. The molecule has 0 aliphatic carbocycles. The number of aromatic nitrogens is 1. The minimum absolute atomic E-state index is 0.0518. The first kappa shape index (κ1) is 16.5. The average Bonchev–Trinajstić information content (AvgIpc) is 3.22. The molecule has 4 nitrogen and oxygen atoms in total. The molecule has 4 rings (SSSR count). The molecule has 2 aliphatic rings. The molecule has 0 saturated carbocycles. The lowest BCUT2D eigenvalue weighted by Crippen LogP contribution is -2.35. The lowest BCUT2D eigenvalue weighted by molar-refractivity contribution is 0.255. The molecule has 1 saturated heterocycles. The van der Waals surface area contributed by atoms with Gasteiger partial charge in [-0.25, -0.2) is 0 Å². The summed E-state index contributed by atoms with van der Waals surface area (Å²) >= 11 is 1.88. The Morgan fingerprint density at radius 3 is 2.68 bits per heavy atom. The summed E-state index contributed by atoms with van der Waals surface area (Å²) in [5, 5.41) is 1.17. The van der Waals surface area contributed by atoms with Gasteiger partial charge in [0.15, 0.2) is 5.17 Å². The number of benzene rings is 1. The average molecular weight is 353 g/mol. The van der Waals surface area contributed by atoms with E-state index in [4.69, 9.17) is 9.73 Å². The van der Waals surface area contributed by atoms with Gasteiger partial charge in [-0.05, 0) is 43.2 Å². The normalized spacial score (nSPS) is 25.0. The maximum absolute atomic E-state index is 5.61. The van der Waals surface area contributed by atoms with Gasteiger partial charge < -0.3 is 9.64 Å². The zero-order valence-electron chi connectivity index (χ0n) is 14.6. The van der Waals surface area contributed by atoms with Crippen molar-refractivity contribution >= 4 is 16.9 Å². The van der Waals surface area contributed by atoms with Crippen LogP contribution in [0.25, 0.3) is 0 Å². The van der Waals surface area contributed by atoms with Crippen molar-refractivity contribution in [2.75, 3.05) is 12.4 Å². The molecule has 130 valence electrons. The van der Waals surface area contributed by atoms with Crippen molar-refractivity contribution in [1.82, 2.24) is 9.88 Å². The lowest BCUT2D eigenvalue weighted by Gasteiger charge is -2.32. The highest BCUT2D eigenvalue weighted by atomic mass is 32.2. The molecular formula is C20H23N3OS. The van der Waals surface area contributed by atoms with E-state index in [1.165, 1.54) is 10.7 Å². The predicted octanol–water partition coefficient (Wildman–Crippen LogP) is 4.46. The molecule has 3 atom stereocenters. The Balaban J connectivity index is 1.72. The molecule has 0 bridgehead atoms. The van der Waals surface area contributed by atoms with Crippen LogP contribution in [0.15, 0.2) is 53.7 Å². The zero-order chi connectivity index (χ0) is 17.2. The van der Waals surface area contributed by atoms with E-state index in [0.29, 0.717) is 12.6 Å². The molecule has 0 spiro atoms.